The zero-order valence-corrected chi connectivity index (χ0v) is 12.4. The van der Waals surface area contributed by atoms with Gasteiger partial charge >= 0.3 is 0 Å². The first-order chi connectivity index (χ1) is 8.38. The Bertz CT molecular complexity index is 404. The topological polar surface area (TPSA) is 38.3 Å². The van der Waals surface area contributed by atoms with E-state index in [-0.39, 0.29) is 11.5 Å². The Morgan fingerprint density at radius 1 is 1.39 bits per heavy atom. The molecule has 1 aromatic rings. The molecule has 0 radical (unpaired) electrons. The number of carbonyl (C=O) groups excluding carboxylic acids is 1. The van der Waals surface area contributed by atoms with Gasteiger partial charge in [0.25, 0.3) is 0 Å². The lowest BCUT2D eigenvalue weighted by Gasteiger charge is -2.18. The SMILES string of the molecule is CC(C)(C)ONC(=O)CCSc1ccccc1Cl. The number of hydroxylamine groups is 1. The second-order valence-electron chi connectivity index (χ2n) is 4.77. The van der Waals surface area contributed by atoms with Gasteiger partial charge in [0.2, 0.25) is 5.91 Å². The van der Waals surface area contributed by atoms with Gasteiger partial charge in [0, 0.05) is 17.1 Å². The lowest BCUT2D eigenvalue weighted by molar-refractivity contribution is -0.145. The van der Waals surface area contributed by atoms with Crippen LogP contribution in [0, 0.1) is 0 Å². The van der Waals surface area contributed by atoms with E-state index in [1.807, 2.05) is 45.0 Å². The highest BCUT2D eigenvalue weighted by Crippen LogP contribution is 2.26. The van der Waals surface area contributed by atoms with Crippen LogP contribution in [0.3, 0.4) is 0 Å². The molecule has 0 fully saturated rings. The molecule has 1 aromatic carbocycles. The number of nitrogens with one attached hydrogen (secondary N) is 1. The molecule has 1 rings (SSSR count). The normalized spacial score (nSPS) is 11.3. The molecule has 0 aliphatic heterocycles. The van der Waals surface area contributed by atoms with E-state index in [9.17, 15) is 4.79 Å². The van der Waals surface area contributed by atoms with Gasteiger partial charge in [-0.05, 0) is 32.9 Å². The molecule has 1 N–H and O–H groups in total. The summed E-state index contributed by atoms with van der Waals surface area (Å²) in [5.41, 5.74) is 2.07. The number of rotatable bonds is 5. The molecule has 0 atom stereocenters. The smallest absolute Gasteiger partial charge is 0.244 e. The fraction of sp³-hybridized carbons (Fsp3) is 0.462. The average Bonchev–Trinajstić information content (AvgIpc) is 2.28. The van der Waals surface area contributed by atoms with E-state index in [4.69, 9.17) is 16.4 Å². The maximum Gasteiger partial charge on any atom is 0.244 e. The van der Waals surface area contributed by atoms with E-state index < -0.39 is 0 Å². The molecule has 1 amide bonds. The van der Waals surface area contributed by atoms with Crippen LogP contribution >= 0.6 is 23.4 Å². The van der Waals surface area contributed by atoms with Crippen molar-refractivity contribution >= 4 is 29.3 Å². The van der Waals surface area contributed by atoms with E-state index in [0.29, 0.717) is 17.2 Å². The third kappa shape index (κ3) is 6.28. The van der Waals surface area contributed by atoms with Crippen LogP contribution in [0.5, 0.6) is 0 Å². The summed E-state index contributed by atoms with van der Waals surface area (Å²) in [6.45, 7) is 5.64. The summed E-state index contributed by atoms with van der Waals surface area (Å²) < 4.78 is 0. The van der Waals surface area contributed by atoms with Crippen molar-refractivity contribution in [2.45, 2.75) is 37.7 Å². The summed E-state index contributed by atoms with van der Waals surface area (Å²) >= 11 is 7.57. The predicted octanol–water partition coefficient (Wildman–Crippen LogP) is 3.67. The Kier molecular flexibility index (Phi) is 5.99. The monoisotopic (exact) mass is 287 g/mol. The van der Waals surface area contributed by atoms with Crippen LogP contribution in [0.2, 0.25) is 5.02 Å². The van der Waals surface area contributed by atoms with Gasteiger partial charge in [-0.1, -0.05) is 23.7 Å². The van der Waals surface area contributed by atoms with Gasteiger partial charge in [0.05, 0.1) is 10.6 Å². The van der Waals surface area contributed by atoms with E-state index in [1.165, 1.54) is 0 Å². The fourth-order valence-electron chi connectivity index (χ4n) is 1.08. The van der Waals surface area contributed by atoms with Crippen LogP contribution in [-0.4, -0.2) is 17.3 Å². The van der Waals surface area contributed by atoms with Crippen molar-refractivity contribution < 1.29 is 9.63 Å². The molecule has 0 saturated carbocycles. The second-order valence-corrected chi connectivity index (χ2v) is 6.31. The molecular weight excluding hydrogens is 270 g/mol. The van der Waals surface area contributed by atoms with Crippen LogP contribution in [0.25, 0.3) is 0 Å². The molecule has 0 saturated heterocycles. The number of halogens is 1. The van der Waals surface area contributed by atoms with E-state index >= 15 is 0 Å². The van der Waals surface area contributed by atoms with Crippen molar-refractivity contribution in [1.29, 1.82) is 0 Å². The summed E-state index contributed by atoms with van der Waals surface area (Å²) in [7, 11) is 0. The number of hydrogen-bond donors (Lipinski definition) is 1. The molecule has 0 aliphatic carbocycles. The van der Waals surface area contributed by atoms with Crippen molar-refractivity contribution in [3.05, 3.63) is 29.3 Å². The van der Waals surface area contributed by atoms with Crippen LogP contribution in [-0.2, 0) is 9.63 Å². The quantitative estimate of drug-likeness (QED) is 0.663. The zero-order valence-electron chi connectivity index (χ0n) is 10.8. The lowest BCUT2D eigenvalue weighted by atomic mass is 10.2. The second kappa shape index (κ2) is 7.02. The maximum atomic E-state index is 11.5. The van der Waals surface area contributed by atoms with Gasteiger partial charge in [0.15, 0.2) is 0 Å². The number of thioether (sulfide) groups is 1. The van der Waals surface area contributed by atoms with Crippen molar-refractivity contribution in [2.75, 3.05) is 5.75 Å². The van der Waals surface area contributed by atoms with Crippen molar-refractivity contribution in [3.63, 3.8) is 0 Å². The summed E-state index contributed by atoms with van der Waals surface area (Å²) in [4.78, 5) is 17.7. The number of carbonyl (C=O) groups is 1. The minimum atomic E-state index is -0.370. The van der Waals surface area contributed by atoms with Gasteiger partial charge in [-0.15, -0.1) is 11.8 Å². The standard InChI is InChI=1S/C13H18ClNO2S/c1-13(2,3)17-15-12(16)8-9-18-11-7-5-4-6-10(11)14/h4-7H,8-9H2,1-3H3,(H,15,16). The minimum Gasteiger partial charge on any atom is -0.273 e. The van der Waals surface area contributed by atoms with Crippen molar-refractivity contribution in [1.82, 2.24) is 5.48 Å². The Labute approximate surface area is 117 Å². The van der Waals surface area contributed by atoms with Gasteiger partial charge < -0.3 is 0 Å². The van der Waals surface area contributed by atoms with Gasteiger partial charge in [-0.3, -0.25) is 9.63 Å². The number of hydrogen-bond acceptors (Lipinski definition) is 3. The highest BCUT2D eigenvalue weighted by atomic mass is 35.5. The molecule has 0 spiro atoms. The van der Waals surface area contributed by atoms with Crippen molar-refractivity contribution in [2.24, 2.45) is 0 Å². The Balaban J connectivity index is 2.26. The summed E-state index contributed by atoms with van der Waals surface area (Å²) in [6, 6.07) is 7.59. The predicted molar refractivity (Wildman–Crippen MR) is 75.8 cm³/mol. The summed E-state index contributed by atoms with van der Waals surface area (Å²) in [6.07, 6.45) is 0.395. The van der Waals surface area contributed by atoms with E-state index in [1.54, 1.807) is 11.8 Å². The molecule has 18 heavy (non-hydrogen) atoms. The fourth-order valence-corrected chi connectivity index (χ4v) is 2.26. The average molecular weight is 288 g/mol. The van der Waals surface area contributed by atoms with Crippen LogP contribution in [0.15, 0.2) is 29.2 Å². The largest absolute Gasteiger partial charge is 0.273 e. The van der Waals surface area contributed by atoms with E-state index in [0.717, 1.165) is 4.90 Å². The highest BCUT2D eigenvalue weighted by Gasteiger charge is 2.12. The highest BCUT2D eigenvalue weighted by molar-refractivity contribution is 7.99. The van der Waals surface area contributed by atoms with Gasteiger partial charge in [-0.25, -0.2) is 5.48 Å². The Morgan fingerprint density at radius 3 is 2.67 bits per heavy atom. The third-order valence-electron chi connectivity index (χ3n) is 1.89. The maximum absolute atomic E-state index is 11.5. The van der Waals surface area contributed by atoms with Gasteiger partial charge in [-0.2, -0.15) is 0 Å². The van der Waals surface area contributed by atoms with Crippen molar-refractivity contribution in [3.8, 4) is 0 Å². The molecule has 0 aromatic heterocycles. The summed E-state index contributed by atoms with van der Waals surface area (Å²) in [5.74, 6) is 0.549. The van der Waals surface area contributed by atoms with E-state index in [2.05, 4.69) is 5.48 Å². The number of benzene rings is 1. The molecule has 0 unspecified atom stereocenters. The molecule has 100 valence electrons. The first-order valence-corrected chi connectivity index (χ1v) is 7.09. The Hall–Kier alpha value is -0.710. The van der Waals surface area contributed by atoms with Crippen LogP contribution in [0.1, 0.15) is 27.2 Å². The lowest BCUT2D eigenvalue weighted by Crippen LogP contribution is -2.33. The number of amides is 1. The molecular formula is C13H18ClNO2S. The molecule has 3 nitrogen and oxygen atoms in total. The zero-order chi connectivity index (χ0) is 13.6. The molecule has 0 aliphatic rings. The summed E-state index contributed by atoms with van der Waals surface area (Å²) in [5, 5.41) is 0.717. The third-order valence-corrected chi connectivity index (χ3v) is 3.41. The van der Waals surface area contributed by atoms with Crippen LogP contribution in [0.4, 0.5) is 0 Å². The van der Waals surface area contributed by atoms with Gasteiger partial charge in [0.1, 0.15) is 0 Å². The molecule has 5 heteroatoms. The first kappa shape index (κ1) is 15.3. The first-order valence-electron chi connectivity index (χ1n) is 5.73. The van der Waals surface area contributed by atoms with Crippen LogP contribution < -0.4 is 5.48 Å². The molecule has 0 heterocycles. The Morgan fingerprint density at radius 2 is 2.06 bits per heavy atom. The molecule has 0 bridgehead atoms. The minimum absolute atomic E-state index is 0.121.